The lowest BCUT2D eigenvalue weighted by atomic mass is 9.95. The smallest absolute Gasteiger partial charge is 0.157 e. The second-order valence-electron chi connectivity index (χ2n) is 4.47. The Labute approximate surface area is 107 Å². The molecule has 0 aliphatic rings. The Balaban J connectivity index is 0.00000256. The van der Waals surface area contributed by atoms with Gasteiger partial charge >= 0.3 is 0 Å². The largest absolute Gasteiger partial charge is 0.504 e. The van der Waals surface area contributed by atoms with Crippen LogP contribution in [0.4, 0.5) is 0 Å². The lowest BCUT2D eigenvalue weighted by Gasteiger charge is -2.21. The first-order valence-electron chi connectivity index (χ1n) is 5.37. The molecule has 0 aliphatic carbocycles. The summed E-state index contributed by atoms with van der Waals surface area (Å²) in [6.45, 7) is 4.01. The molecule has 4 nitrogen and oxygen atoms in total. The maximum Gasteiger partial charge on any atom is 0.157 e. The third-order valence-corrected chi connectivity index (χ3v) is 2.51. The van der Waals surface area contributed by atoms with Gasteiger partial charge in [-0.1, -0.05) is 19.9 Å². The molecule has 0 aliphatic heterocycles. The van der Waals surface area contributed by atoms with Gasteiger partial charge in [0, 0.05) is 0 Å². The van der Waals surface area contributed by atoms with Crippen molar-refractivity contribution in [3.8, 4) is 11.5 Å². The minimum absolute atomic E-state index is 0. The summed E-state index contributed by atoms with van der Waals surface area (Å²) in [6, 6.07) is 3.80. The second-order valence-corrected chi connectivity index (χ2v) is 4.47. The Hall–Kier alpha value is -0.970. The van der Waals surface area contributed by atoms with Gasteiger partial charge in [-0.15, -0.1) is 12.4 Å². The van der Waals surface area contributed by atoms with E-state index in [1.54, 1.807) is 6.07 Å². The SMILES string of the molecule is CC(C)C[C@@H](O)[C@@H](N)c1ccc(O)c(O)c1.Cl. The highest BCUT2D eigenvalue weighted by Crippen LogP contribution is 2.29. The van der Waals surface area contributed by atoms with Gasteiger partial charge in [-0.05, 0) is 30.0 Å². The molecule has 0 aromatic heterocycles. The van der Waals surface area contributed by atoms with Crippen LogP contribution in [0.5, 0.6) is 11.5 Å². The van der Waals surface area contributed by atoms with E-state index in [-0.39, 0.29) is 23.9 Å². The summed E-state index contributed by atoms with van der Waals surface area (Å²) in [5.74, 6) is -0.0502. The van der Waals surface area contributed by atoms with Gasteiger partial charge in [-0.25, -0.2) is 0 Å². The number of halogens is 1. The summed E-state index contributed by atoms with van der Waals surface area (Å²) in [6.07, 6.45) is -0.0491. The van der Waals surface area contributed by atoms with E-state index < -0.39 is 12.1 Å². The van der Waals surface area contributed by atoms with Crippen LogP contribution in [0.3, 0.4) is 0 Å². The minimum atomic E-state index is -0.649. The van der Waals surface area contributed by atoms with Gasteiger partial charge in [-0.3, -0.25) is 0 Å². The summed E-state index contributed by atoms with van der Waals surface area (Å²) in [4.78, 5) is 0. The summed E-state index contributed by atoms with van der Waals surface area (Å²) in [5, 5.41) is 28.3. The zero-order valence-corrected chi connectivity index (χ0v) is 10.8. The van der Waals surface area contributed by atoms with Crippen LogP contribution in [0.1, 0.15) is 31.9 Å². The number of aromatic hydroxyl groups is 2. The quantitative estimate of drug-likeness (QED) is 0.624. The average Bonchev–Trinajstić information content (AvgIpc) is 2.20. The maximum absolute atomic E-state index is 9.83. The van der Waals surface area contributed by atoms with Crippen molar-refractivity contribution in [3.63, 3.8) is 0 Å². The number of nitrogens with two attached hydrogens (primary N) is 1. The van der Waals surface area contributed by atoms with Crippen molar-refractivity contribution in [2.75, 3.05) is 0 Å². The average molecular weight is 262 g/mol. The van der Waals surface area contributed by atoms with Crippen molar-refractivity contribution in [1.29, 1.82) is 0 Å². The molecule has 2 atom stereocenters. The number of aliphatic hydroxyl groups is 1. The summed E-state index contributed by atoms with van der Waals surface area (Å²) < 4.78 is 0. The predicted octanol–water partition coefficient (Wildman–Crippen LogP) is 1.93. The van der Waals surface area contributed by atoms with Crippen molar-refractivity contribution in [1.82, 2.24) is 0 Å². The zero-order chi connectivity index (χ0) is 12.3. The van der Waals surface area contributed by atoms with Gasteiger partial charge in [0.25, 0.3) is 0 Å². The molecule has 0 saturated carbocycles. The van der Waals surface area contributed by atoms with Crippen LogP contribution in [0, 0.1) is 5.92 Å². The molecule has 0 unspecified atom stereocenters. The van der Waals surface area contributed by atoms with Crippen LogP contribution >= 0.6 is 12.4 Å². The molecule has 17 heavy (non-hydrogen) atoms. The van der Waals surface area contributed by atoms with E-state index >= 15 is 0 Å². The molecule has 1 aromatic carbocycles. The van der Waals surface area contributed by atoms with Crippen LogP contribution < -0.4 is 5.73 Å². The Bertz CT molecular complexity index is 358. The molecule has 0 heterocycles. The fraction of sp³-hybridized carbons (Fsp3) is 0.500. The molecule has 0 saturated heterocycles. The zero-order valence-electron chi connectivity index (χ0n) is 10.00. The number of hydrogen-bond donors (Lipinski definition) is 4. The van der Waals surface area contributed by atoms with E-state index in [0.717, 1.165) is 0 Å². The molecule has 1 rings (SSSR count). The first-order valence-corrected chi connectivity index (χ1v) is 5.37. The predicted molar refractivity (Wildman–Crippen MR) is 69.4 cm³/mol. The molecule has 5 heteroatoms. The Morgan fingerprint density at radius 2 is 1.76 bits per heavy atom. The molecule has 0 spiro atoms. The van der Waals surface area contributed by atoms with Gasteiger partial charge in [0.2, 0.25) is 0 Å². The van der Waals surface area contributed by atoms with Gasteiger partial charge in [0.15, 0.2) is 11.5 Å². The van der Waals surface area contributed by atoms with Crippen LogP contribution in [-0.4, -0.2) is 21.4 Å². The van der Waals surface area contributed by atoms with E-state index in [2.05, 4.69) is 0 Å². The molecule has 1 aromatic rings. The highest BCUT2D eigenvalue weighted by Gasteiger charge is 2.18. The standard InChI is InChI=1S/C12H19NO3.ClH/c1-7(2)5-11(16)12(13)8-3-4-9(14)10(15)6-8;/h3-4,6-7,11-12,14-16H,5,13H2,1-2H3;1H/t11-,12+;/m1./s1. The minimum Gasteiger partial charge on any atom is -0.504 e. The fourth-order valence-electron chi connectivity index (χ4n) is 1.60. The normalized spacial score (nSPS) is 14.2. The third kappa shape index (κ3) is 4.42. The molecule has 0 radical (unpaired) electrons. The van der Waals surface area contributed by atoms with Crippen molar-refractivity contribution < 1.29 is 15.3 Å². The van der Waals surface area contributed by atoms with Crippen molar-refractivity contribution in [2.45, 2.75) is 32.4 Å². The van der Waals surface area contributed by atoms with Crippen LogP contribution in [0.25, 0.3) is 0 Å². The van der Waals surface area contributed by atoms with Crippen molar-refractivity contribution in [3.05, 3.63) is 23.8 Å². The number of hydrogen-bond acceptors (Lipinski definition) is 4. The molecule has 0 bridgehead atoms. The number of benzene rings is 1. The molecular weight excluding hydrogens is 242 g/mol. The molecular formula is C12H20ClNO3. The second kappa shape index (κ2) is 6.69. The van der Waals surface area contributed by atoms with Gasteiger partial charge in [-0.2, -0.15) is 0 Å². The van der Waals surface area contributed by atoms with E-state index in [0.29, 0.717) is 17.9 Å². The third-order valence-electron chi connectivity index (χ3n) is 2.51. The first kappa shape index (κ1) is 16.0. The lowest BCUT2D eigenvalue weighted by Crippen LogP contribution is -2.27. The topological polar surface area (TPSA) is 86.7 Å². The summed E-state index contributed by atoms with van der Waals surface area (Å²) in [5.41, 5.74) is 6.48. The number of phenolic OH excluding ortho intramolecular Hbond substituents is 2. The van der Waals surface area contributed by atoms with E-state index in [1.165, 1.54) is 12.1 Å². The van der Waals surface area contributed by atoms with E-state index in [1.807, 2.05) is 13.8 Å². The summed E-state index contributed by atoms with van der Waals surface area (Å²) in [7, 11) is 0. The van der Waals surface area contributed by atoms with Crippen LogP contribution in [-0.2, 0) is 0 Å². The van der Waals surface area contributed by atoms with Gasteiger partial charge in [0.1, 0.15) is 0 Å². The summed E-state index contributed by atoms with van der Waals surface area (Å²) >= 11 is 0. The van der Waals surface area contributed by atoms with Gasteiger partial charge < -0.3 is 21.1 Å². The van der Waals surface area contributed by atoms with Crippen molar-refractivity contribution >= 4 is 12.4 Å². The maximum atomic E-state index is 9.83. The lowest BCUT2D eigenvalue weighted by molar-refractivity contribution is 0.121. The van der Waals surface area contributed by atoms with Crippen molar-refractivity contribution in [2.24, 2.45) is 11.7 Å². The van der Waals surface area contributed by atoms with Gasteiger partial charge in [0.05, 0.1) is 12.1 Å². The highest BCUT2D eigenvalue weighted by molar-refractivity contribution is 5.85. The number of phenols is 2. The highest BCUT2D eigenvalue weighted by atomic mass is 35.5. The number of aliphatic hydroxyl groups excluding tert-OH is 1. The molecule has 98 valence electrons. The van der Waals surface area contributed by atoms with Crippen LogP contribution in [0.2, 0.25) is 0 Å². The Morgan fingerprint density at radius 1 is 1.18 bits per heavy atom. The molecule has 0 fully saturated rings. The monoisotopic (exact) mass is 261 g/mol. The van der Waals surface area contributed by atoms with E-state index in [9.17, 15) is 10.2 Å². The Kier molecular flexibility index (Phi) is 6.31. The number of rotatable bonds is 4. The van der Waals surface area contributed by atoms with Crippen LogP contribution in [0.15, 0.2) is 18.2 Å². The Morgan fingerprint density at radius 3 is 2.24 bits per heavy atom. The molecule has 0 amide bonds. The van der Waals surface area contributed by atoms with E-state index in [4.69, 9.17) is 10.8 Å². The fourth-order valence-corrected chi connectivity index (χ4v) is 1.60. The molecule has 5 N–H and O–H groups in total. The first-order chi connectivity index (χ1) is 7.41.